The summed E-state index contributed by atoms with van der Waals surface area (Å²) in [6.07, 6.45) is 4.61. The zero-order valence-corrected chi connectivity index (χ0v) is 18.9. The Hall–Kier alpha value is -3.47. The van der Waals surface area contributed by atoms with Crippen molar-refractivity contribution in [3.05, 3.63) is 36.7 Å². The van der Waals surface area contributed by atoms with Crippen molar-refractivity contribution in [3.8, 4) is 11.3 Å². The Morgan fingerprint density at radius 3 is 2.72 bits per heavy atom. The zero-order valence-electron chi connectivity index (χ0n) is 18.1. The number of aromatic nitrogens is 5. The van der Waals surface area contributed by atoms with Crippen molar-refractivity contribution in [2.24, 2.45) is 5.41 Å². The summed E-state index contributed by atoms with van der Waals surface area (Å²) in [6.45, 7) is 3.93. The van der Waals surface area contributed by atoms with Crippen LogP contribution >= 0.6 is 0 Å². The highest BCUT2D eigenvalue weighted by Gasteiger charge is 2.29. The monoisotopic (exact) mass is 455 g/mol. The summed E-state index contributed by atoms with van der Waals surface area (Å²) in [5.41, 5.74) is 8.63. The van der Waals surface area contributed by atoms with Crippen LogP contribution in [0.5, 0.6) is 0 Å². The van der Waals surface area contributed by atoms with Crippen molar-refractivity contribution in [1.82, 2.24) is 30.3 Å². The number of pyridine rings is 1. The Morgan fingerprint density at radius 1 is 1.25 bits per heavy atom. The Kier molecular flexibility index (Phi) is 5.37. The molecule has 4 N–H and O–H groups in total. The largest absolute Gasteiger partial charge is 0.383 e. The molecule has 0 saturated heterocycles. The highest BCUT2D eigenvalue weighted by Crippen LogP contribution is 2.30. The summed E-state index contributed by atoms with van der Waals surface area (Å²) < 4.78 is 24.3. The van der Waals surface area contributed by atoms with E-state index in [9.17, 15) is 13.2 Å². The molecule has 0 radical (unpaired) electrons. The van der Waals surface area contributed by atoms with Gasteiger partial charge in [-0.3, -0.25) is 14.6 Å². The molecule has 0 aliphatic rings. The quantitative estimate of drug-likeness (QED) is 0.384. The second-order valence-electron chi connectivity index (χ2n) is 8.56. The van der Waals surface area contributed by atoms with E-state index < -0.39 is 15.3 Å². The van der Waals surface area contributed by atoms with E-state index in [0.29, 0.717) is 28.8 Å². The Labute approximate surface area is 185 Å². The van der Waals surface area contributed by atoms with Gasteiger partial charge in [-0.1, -0.05) is 6.07 Å². The molecule has 0 aliphatic heterocycles. The normalized spacial score (nSPS) is 12.5. The molecular weight excluding hydrogens is 430 g/mol. The molecule has 32 heavy (non-hydrogen) atoms. The second-order valence-corrected chi connectivity index (χ2v) is 10.8. The second kappa shape index (κ2) is 7.90. The minimum atomic E-state index is -3.14. The van der Waals surface area contributed by atoms with Gasteiger partial charge in [0.1, 0.15) is 21.2 Å². The molecule has 0 saturated carbocycles. The Bertz CT molecular complexity index is 1410. The number of carbonyl (C=O) groups is 1. The average molecular weight is 456 g/mol. The summed E-state index contributed by atoms with van der Waals surface area (Å²) in [5, 5.41) is 15.8. The predicted molar refractivity (Wildman–Crippen MR) is 124 cm³/mol. The standard InChI is InChI=1S/C21H25N7O3S/c1-21(2,20(29)23-8-9-32(3,30)31)12-28-11-15-18(27-28)14-5-4-13(16-6-7-24-26-16)10-17(14)25-19(15)22/h4-7,10-11H,8-9,12H2,1-3H3,(H2,22,25)(H,23,29)(H,24,26). The first kappa shape index (κ1) is 21.8. The van der Waals surface area contributed by atoms with Gasteiger partial charge < -0.3 is 11.1 Å². The number of fused-ring (bicyclic) bond motifs is 3. The van der Waals surface area contributed by atoms with E-state index >= 15 is 0 Å². The number of amides is 1. The fourth-order valence-electron chi connectivity index (χ4n) is 3.55. The summed E-state index contributed by atoms with van der Waals surface area (Å²) in [4.78, 5) is 17.1. The van der Waals surface area contributed by atoms with Gasteiger partial charge >= 0.3 is 0 Å². The molecule has 0 bridgehead atoms. The molecule has 1 amide bonds. The van der Waals surface area contributed by atoms with Crippen molar-refractivity contribution >= 4 is 43.4 Å². The smallest absolute Gasteiger partial charge is 0.227 e. The minimum Gasteiger partial charge on any atom is -0.383 e. The average Bonchev–Trinajstić information content (AvgIpc) is 3.36. The molecule has 3 heterocycles. The van der Waals surface area contributed by atoms with Crippen LogP contribution in [0.25, 0.3) is 33.1 Å². The van der Waals surface area contributed by atoms with E-state index in [0.717, 1.165) is 22.9 Å². The molecule has 1 aromatic carbocycles. The Balaban J connectivity index is 1.62. The zero-order chi connectivity index (χ0) is 23.1. The third kappa shape index (κ3) is 4.42. The molecule has 11 heteroatoms. The molecule has 10 nitrogen and oxygen atoms in total. The number of carbonyl (C=O) groups excluding carboxylic acids is 1. The van der Waals surface area contributed by atoms with E-state index in [1.54, 1.807) is 30.9 Å². The lowest BCUT2D eigenvalue weighted by Crippen LogP contribution is -2.41. The highest BCUT2D eigenvalue weighted by molar-refractivity contribution is 7.90. The topological polar surface area (TPSA) is 149 Å². The maximum absolute atomic E-state index is 12.6. The summed E-state index contributed by atoms with van der Waals surface area (Å²) >= 11 is 0. The van der Waals surface area contributed by atoms with E-state index in [2.05, 4.69) is 25.6 Å². The van der Waals surface area contributed by atoms with E-state index in [-0.39, 0.29) is 18.2 Å². The van der Waals surface area contributed by atoms with E-state index in [1.165, 1.54) is 0 Å². The molecule has 0 fully saturated rings. The number of nitrogens with zero attached hydrogens (tertiary/aromatic N) is 4. The van der Waals surface area contributed by atoms with E-state index in [1.807, 2.05) is 24.3 Å². The van der Waals surface area contributed by atoms with Crippen molar-refractivity contribution in [1.29, 1.82) is 0 Å². The number of benzene rings is 1. The van der Waals surface area contributed by atoms with E-state index in [4.69, 9.17) is 5.73 Å². The third-order valence-corrected chi connectivity index (χ3v) is 6.22. The molecule has 0 atom stereocenters. The molecule has 0 spiro atoms. The maximum atomic E-state index is 12.6. The fraction of sp³-hybridized carbons (Fsp3) is 0.333. The maximum Gasteiger partial charge on any atom is 0.227 e. The third-order valence-electron chi connectivity index (χ3n) is 5.27. The van der Waals surface area contributed by atoms with Gasteiger partial charge in [0.2, 0.25) is 5.91 Å². The van der Waals surface area contributed by atoms with Crippen molar-refractivity contribution < 1.29 is 13.2 Å². The lowest BCUT2D eigenvalue weighted by Gasteiger charge is -2.23. The number of nitrogen functional groups attached to an aromatic ring is 1. The molecule has 0 unspecified atom stereocenters. The lowest BCUT2D eigenvalue weighted by molar-refractivity contribution is -0.130. The van der Waals surface area contributed by atoms with Crippen LogP contribution in [0.3, 0.4) is 0 Å². The van der Waals surface area contributed by atoms with Crippen LogP contribution in [-0.4, -0.2) is 57.8 Å². The van der Waals surface area contributed by atoms with Gasteiger partial charge in [0.25, 0.3) is 0 Å². The number of nitrogens with two attached hydrogens (primary N) is 1. The van der Waals surface area contributed by atoms with Crippen LogP contribution < -0.4 is 11.1 Å². The van der Waals surface area contributed by atoms with Gasteiger partial charge in [0.15, 0.2) is 0 Å². The summed E-state index contributed by atoms with van der Waals surface area (Å²) in [7, 11) is -3.14. The molecule has 0 aliphatic carbocycles. The molecular formula is C21H25N7O3S. The molecule has 4 aromatic rings. The highest BCUT2D eigenvalue weighted by atomic mass is 32.2. The number of H-pyrrole nitrogens is 1. The van der Waals surface area contributed by atoms with Crippen LogP contribution in [-0.2, 0) is 21.2 Å². The number of rotatable bonds is 7. The van der Waals surface area contributed by atoms with Crippen LogP contribution in [0.4, 0.5) is 5.82 Å². The SMILES string of the molecule is CC(C)(Cn1cc2c(N)nc3cc(-c4ccn[nH]4)ccc3c2n1)C(=O)NCCS(C)(=O)=O. The van der Waals surface area contributed by atoms with Crippen molar-refractivity contribution in [2.75, 3.05) is 24.3 Å². The van der Waals surface area contributed by atoms with Gasteiger partial charge in [0.05, 0.1) is 34.3 Å². The fourth-order valence-corrected chi connectivity index (χ4v) is 4.03. The molecule has 3 aromatic heterocycles. The number of aromatic amines is 1. The summed E-state index contributed by atoms with van der Waals surface area (Å²) in [6, 6.07) is 7.71. The van der Waals surface area contributed by atoms with Gasteiger partial charge in [-0.05, 0) is 32.0 Å². The van der Waals surface area contributed by atoms with Crippen molar-refractivity contribution in [3.63, 3.8) is 0 Å². The minimum absolute atomic E-state index is 0.0718. The summed E-state index contributed by atoms with van der Waals surface area (Å²) in [5.74, 6) is 0.00615. The first-order valence-electron chi connectivity index (χ1n) is 10.1. The Morgan fingerprint density at radius 2 is 2.03 bits per heavy atom. The van der Waals surface area contributed by atoms with Gasteiger partial charge in [-0.2, -0.15) is 10.2 Å². The van der Waals surface area contributed by atoms with Crippen LogP contribution in [0.2, 0.25) is 0 Å². The van der Waals surface area contributed by atoms with Gasteiger partial charge in [-0.15, -0.1) is 0 Å². The van der Waals surface area contributed by atoms with Crippen LogP contribution in [0.15, 0.2) is 36.7 Å². The number of hydrogen-bond acceptors (Lipinski definition) is 7. The lowest BCUT2D eigenvalue weighted by atomic mass is 9.92. The van der Waals surface area contributed by atoms with Gasteiger partial charge in [-0.25, -0.2) is 13.4 Å². The molecule has 168 valence electrons. The molecule has 4 rings (SSSR count). The number of hydrogen-bond donors (Lipinski definition) is 3. The predicted octanol–water partition coefficient (Wildman–Crippen LogP) is 1.74. The first-order chi connectivity index (χ1) is 15.0. The first-order valence-corrected chi connectivity index (χ1v) is 12.1. The van der Waals surface area contributed by atoms with Crippen molar-refractivity contribution in [2.45, 2.75) is 20.4 Å². The number of anilines is 1. The van der Waals surface area contributed by atoms with Crippen LogP contribution in [0, 0.1) is 5.41 Å². The van der Waals surface area contributed by atoms with Gasteiger partial charge in [0, 0.05) is 36.1 Å². The number of nitrogens with one attached hydrogen (secondary N) is 2. The number of sulfone groups is 1. The van der Waals surface area contributed by atoms with Crippen LogP contribution in [0.1, 0.15) is 13.8 Å².